The molecule has 1 aliphatic heterocycles. The quantitative estimate of drug-likeness (QED) is 0.442. The number of nitrogens with one attached hydrogen (secondary N) is 1. The van der Waals surface area contributed by atoms with E-state index in [-0.39, 0.29) is 0 Å². The highest BCUT2D eigenvalue weighted by molar-refractivity contribution is 7.89. The topological polar surface area (TPSA) is 91.6 Å². The maximum atomic E-state index is 12.7. The van der Waals surface area contributed by atoms with E-state index in [0.29, 0.717) is 23.4 Å². The summed E-state index contributed by atoms with van der Waals surface area (Å²) < 4.78 is 61.6. The first-order chi connectivity index (χ1) is 18.4. The van der Waals surface area contributed by atoms with Crippen molar-refractivity contribution in [2.45, 2.75) is 55.3 Å². The van der Waals surface area contributed by atoms with Gasteiger partial charge in [0.05, 0.1) is 4.90 Å². The van der Waals surface area contributed by atoms with Gasteiger partial charge >= 0.3 is 12.1 Å². The number of halogens is 3. The predicted molar refractivity (Wildman–Crippen MR) is 141 cm³/mol. The van der Waals surface area contributed by atoms with E-state index in [1.54, 1.807) is 23.0 Å². The number of benzene rings is 2. The Hall–Kier alpha value is -3.15. The largest absolute Gasteiger partial charge is 0.490 e. The minimum absolute atomic E-state index is 0.303. The molecule has 0 amide bonds. The van der Waals surface area contributed by atoms with Crippen molar-refractivity contribution < 1.29 is 31.5 Å². The first-order valence-electron chi connectivity index (χ1n) is 12.8. The third-order valence-electron chi connectivity index (χ3n) is 7.27. The van der Waals surface area contributed by atoms with Crippen LogP contribution in [0.2, 0.25) is 0 Å². The van der Waals surface area contributed by atoms with E-state index in [4.69, 9.17) is 9.90 Å². The number of aryl methyl sites for hydroxylation is 2. The Morgan fingerprint density at radius 2 is 1.77 bits per heavy atom. The van der Waals surface area contributed by atoms with Gasteiger partial charge in [0.15, 0.2) is 0 Å². The van der Waals surface area contributed by atoms with Gasteiger partial charge in [0.1, 0.15) is 0 Å². The maximum Gasteiger partial charge on any atom is 0.490 e. The van der Waals surface area contributed by atoms with Crippen LogP contribution in [0.5, 0.6) is 0 Å². The van der Waals surface area contributed by atoms with Gasteiger partial charge in [0.2, 0.25) is 10.0 Å². The lowest BCUT2D eigenvalue weighted by atomic mass is 9.74. The number of carboxylic acid groups (broad SMARTS) is 1. The second-order valence-corrected chi connectivity index (χ2v) is 11.7. The van der Waals surface area contributed by atoms with Gasteiger partial charge in [0, 0.05) is 37.9 Å². The molecule has 1 aliphatic carbocycles. The number of likely N-dealkylation sites (tertiary alicyclic amines) is 1. The molecule has 5 rings (SSSR count). The summed E-state index contributed by atoms with van der Waals surface area (Å²) >= 11 is 0. The van der Waals surface area contributed by atoms with Crippen LogP contribution in [-0.2, 0) is 41.3 Å². The number of carbonyl (C=O) groups is 1. The molecule has 2 aromatic carbocycles. The Labute approximate surface area is 226 Å². The summed E-state index contributed by atoms with van der Waals surface area (Å²) in [5.41, 5.74) is 5.20. The van der Waals surface area contributed by atoms with E-state index in [9.17, 15) is 21.6 Å². The van der Waals surface area contributed by atoms with E-state index < -0.39 is 22.2 Å². The van der Waals surface area contributed by atoms with Crippen LogP contribution in [-0.4, -0.2) is 54.3 Å². The van der Waals surface area contributed by atoms with Crippen LogP contribution in [0.25, 0.3) is 0 Å². The summed E-state index contributed by atoms with van der Waals surface area (Å²) in [4.78, 5) is 11.8. The van der Waals surface area contributed by atoms with Gasteiger partial charge in [-0.1, -0.05) is 48.5 Å². The summed E-state index contributed by atoms with van der Waals surface area (Å²) in [6.45, 7) is 2.70. The fourth-order valence-electron chi connectivity index (χ4n) is 5.16. The molecule has 39 heavy (non-hydrogen) atoms. The van der Waals surface area contributed by atoms with Gasteiger partial charge in [-0.2, -0.15) is 13.2 Å². The second kappa shape index (κ2) is 11.9. The highest BCUT2D eigenvalue weighted by Crippen LogP contribution is 2.39. The standard InChI is InChI=1S/C26H31N3O2S.C2HF3O2/c1-28-15-12-23(19-28)32(30,31)27-18-21-8-9-22-10-11-26(29-13-5-14-29)25(24(22)17-21)16-20-6-3-2-4-7-20;3-2(4,5)1(6)7/h2-4,6-9,12,15,17,19,25-27H,5,10-11,13-14,16,18H2,1H3;(H,6,7). The molecule has 0 spiro atoms. The monoisotopic (exact) mass is 563 g/mol. The minimum atomic E-state index is -5.08. The van der Waals surface area contributed by atoms with Gasteiger partial charge in [-0.25, -0.2) is 17.9 Å². The predicted octanol–water partition coefficient (Wildman–Crippen LogP) is 4.48. The Morgan fingerprint density at radius 3 is 2.33 bits per heavy atom. The van der Waals surface area contributed by atoms with Crippen molar-refractivity contribution in [1.82, 2.24) is 14.2 Å². The number of carboxylic acids is 1. The normalized spacial score (nSPS) is 19.4. The maximum absolute atomic E-state index is 12.7. The molecule has 2 N–H and O–H groups in total. The Kier molecular flexibility index (Phi) is 8.83. The molecule has 2 unspecified atom stereocenters. The van der Waals surface area contributed by atoms with Crippen molar-refractivity contribution in [3.8, 4) is 0 Å². The fraction of sp³-hybridized carbons (Fsp3) is 0.393. The number of alkyl halides is 3. The van der Waals surface area contributed by atoms with Crippen molar-refractivity contribution in [2.24, 2.45) is 7.05 Å². The molecule has 210 valence electrons. The number of sulfonamides is 1. The first kappa shape index (κ1) is 28.8. The molecule has 11 heteroatoms. The average molecular weight is 564 g/mol. The number of rotatable bonds is 7. The number of hydrogen-bond acceptors (Lipinski definition) is 4. The van der Waals surface area contributed by atoms with E-state index in [1.807, 2.05) is 7.05 Å². The molecule has 0 saturated carbocycles. The van der Waals surface area contributed by atoms with Crippen LogP contribution in [0.3, 0.4) is 0 Å². The zero-order chi connectivity index (χ0) is 28.2. The van der Waals surface area contributed by atoms with Gasteiger partial charge in [-0.15, -0.1) is 0 Å². The molecule has 0 bridgehead atoms. The number of hydrogen-bond donors (Lipinski definition) is 2. The van der Waals surface area contributed by atoms with Crippen LogP contribution >= 0.6 is 0 Å². The van der Waals surface area contributed by atoms with Crippen LogP contribution in [0, 0.1) is 0 Å². The Morgan fingerprint density at radius 1 is 1.08 bits per heavy atom. The van der Waals surface area contributed by atoms with Crippen LogP contribution in [0.15, 0.2) is 71.9 Å². The number of fused-ring (bicyclic) bond motifs is 1. The zero-order valence-corrected chi connectivity index (χ0v) is 22.4. The summed E-state index contributed by atoms with van der Waals surface area (Å²) in [5.74, 6) is -2.32. The lowest BCUT2D eigenvalue weighted by Gasteiger charge is -2.45. The molecular formula is C28H32F3N3O4S. The number of aliphatic carboxylic acids is 1. The fourth-order valence-corrected chi connectivity index (χ4v) is 6.23. The van der Waals surface area contributed by atoms with Crippen molar-refractivity contribution >= 4 is 16.0 Å². The Bertz CT molecular complexity index is 1390. The van der Waals surface area contributed by atoms with Gasteiger partial charge in [-0.05, 0) is 67.1 Å². The first-order valence-corrected chi connectivity index (χ1v) is 14.2. The molecule has 1 saturated heterocycles. The summed E-state index contributed by atoms with van der Waals surface area (Å²) in [5, 5.41) is 7.12. The summed E-state index contributed by atoms with van der Waals surface area (Å²) in [6.07, 6.45) is 2.90. The summed E-state index contributed by atoms with van der Waals surface area (Å²) in [7, 11) is -1.70. The van der Waals surface area contributed by atoms with E-state index >= 15 is 0 Å². The lowest BCUT2D eigenvalue weighted by molar-refractivity contribution is -0.192. The van der Waals surface area contributed by atoms with E-state index in [0.717, 1.165) is 18.4 Å². The molecule has 7 nitrogen and oxygen atoms in total. The molecular weight excluding hydrogens is 531 g/mol. The lowest BCUT2D eigenvalue weighted by Crippen LogP contribution is -2.49. The minimum Gasteiger partial charge on any atom is -0.475 e. The van der Waals surface area contributed by atoms with Crippen LogP contribution < -0.4 is 4.72 Å². The Balaban J connectivity index is 0.000000448. The van der Waals surface area contributed by atoms with Crippen LogP contribution in [0.1, 0.15) is 41.0 Å². The zero-order valence-electron chi connectivity index (χ0n) is 21.6. The third kappa shape index (κ3) is 7.28. The highest BCUT2D eigenvalue weighted by Gasteiger charge is 2.38. The smallest absolute Gasteiger partial charge is 0.475 e. The molecule has 2 heterocycles. The number of nitrogens with zero attached hydrogens (tertiary/aromatic N) is 2. The van der Waals surface area contributed by atoms with E-state index in [2.05, 4.69) is 58.2 Å². The van der Waals surface area contributed by atoms with Crippen LogP contribution in [0.4, 0.5) is 13.2 Å². The van der Waals surface area contributed by atoms with Crippen molar-refractivity contribution in [3.05, 3.63) is 89.2 Å². The number of aromatic nitrogens is 1. The molecule has 1 fully saturated rings. The summed E-state index contributed by atoms with van der Waals surface area (Å²) in [6, 6.07) is 19.5. The van der Waals surface area contributed by atoms with Crippen molar-refractivity contribution in [3.63, 3.8) is 0 Å². The van der Waals surface area contributed by atoms with Gasteiger partial charge in [0.25, 0.3) is 0 Å². The van der Waals surface area contributed by atoms with Crippen molar-refractivity contribution in [1.29, 1.82) is 0 Å². The third-order valence-corrected chi connectivity index (χ3v) is 8.65. The second-order valence-electron chi connectivity index (χ2n) is 9.97. The average Bonchev–Trinajstić information content (AvgIpc) is 3.31. The van der Waals surface area contributed by atoms with Crippen molar-refractivity contribution in [2.75, 3.05) is 13.1 Å². The van der Waals surface area contributed by atoms with Gasteiger partial charge < -0.3 is 9.67 Å². The highest BCUT2D eigenvalue weighted by atomic mass is 32.2. The molecule has 3 aromatic rings. The van der Waals surface area contributed by atoms with E-state index in [1.165, 1.54) is 42.6 Å². The molecule has 2 atom stereocenters. The van der Waals surface area contributed by atoms with Gasteiger partial charge in [-0.3, -0.25) is 4.90 Å². The molecule has 2 aliphatic rings. The molecule has 1 aromatic heterocycles. The molecule has 0 radical (unpaired) electrons. The SMILES string of the molecule is Cn1ccc(S(=O)(=O)NCc2ccc3c(c2)C(Cc2ccccc2)C(N2CCC2)CC3)c1.O=C(O)C(F)(F)F.